The normalized spacial score (nSPS) is 7.29. The molecule has 0 spiro atoms. The molecule has 0 aliphatic heterocycles. The van der Waals surface area contributed by atoms with Gasteiger partial charge in [-0.3, -0.25) is 5.84 Å². The van der Waals surface area contributed by atoms with Crippen LogP contribution in [0.2, 0.25) is 0 Å². The Morgan fingerprint density at radius 2 is 1.79 bits per heavy atom. The number of hydrazine groups is 1. The number of nitrogens with one attached hydrogen (secondary N) is 1. The van der Waals surface area contributed by atoms with Crippen LogP contribution in [0.25, 0.3) is 0 Å². The van der Waals surface area contributed by atoms with Crippen LogP contribution in [-0.4, -0.2) is 12.1 Å². The zero-order valence-electron chi connectivity index (χ0n) is 9.66. The van der Waals surface area contributed by atoms with E-state index in [1.807, 2.05) is 27.7 Å². The van der Waals surface area contributed by atoms with Gasteiger partial charge < -0.3 is 10.2 Å². The molecule has 0 aromatic carbocycles. The average Bonchev–Trinajstić information content (AvgIpc) is 2.34. The minimum Gasteiger partial charge on any atom is -0.481 e. The van der Waals surface area contributed by atoms with Gasteiger partial charge in [-0.05, 0) is 6.07 Å². The van der Waals surface area contributed by atoms with E-state index in [1.165, 1.54) is 0 Å². The van der Waals surface area contributed by atoms with Gasteiger partial charge >= 0.3 is 0 Å². The zero-order valence-corrected chi connectivity index (χ0v) is 9.66. The second kappa shape index (κ2) is 11.7. The van der Waals surface area contributed by atoms with Gasteiger partial charge in [0, 0.05) is 6.07 Å². The molecule has 3 N–H and O–H groups in total. The molecule has 0 radical (unpaired) electrons. The lowest BCUT2D eigenvalue weighted by atomic mass is 10.4. The van der Waals surface area contributed by atoms with Crippen LogP contribution in [-0.2, 0) is 0 Å². The van der Waals surface area contributed by atoms with Crippen molar-refractivity contribution in [2.75, 3.05) is 12.5 Å². The quantitative estimate of drug-likeness (QED) is 0.567. The molecule has 4 heteroatoms. The van der Waals surface area contributed by atoms with Crippen molar-refractivity contribution in [2.24, 2.45) is 5.84 Å². The lowest BCUT2D eigenvalue weighted by Gasteiger charge is -1.99. The maximum Gasteiger partial charge on any atom is 0.213 e. The maximum atomic E-state index is 5.11. The number of pyridine rings is 1. The van der Waals surface area contributed by atoms with Crippen molar-refractivity contribution in [3.8, 4) is 5.88 Å². The highest BCUT2D eigenvalue weighted by atomic mass is 16.5. The minimum absolute atomic E-state index is 0.582. The molecule has 1 aromatic heterocycles. The Labute approximate surface area is 86.5 Å². The molecular weight excluding hydrogens is 178 g/mol. The fourth-order valence-electron chi connectivity index (χ4n) is 0.586. The van der Waals surface area contributed by atoms with Crippen LogP contribution in [0.4, 0.5) is 5.69 Å². The second-order valence-electron chi connectivity index (χ2n) is 1.73. The monoisotopic (exact) mass is 199 g/mol. The lowest BCUT2D eigenvalue weighted by Crippen LogP contribution is -2.06. The first-order chi connectivity index (χ1) is 6.86. The summed E-state index contributed by atoms with van der Waals surface area (Å²) in [5.74, 6) is 5.69. The topological polar surface area (TPSA) is 60.2 Å². The highest BCUT2D eigenvalue weighted by Gasteiger charge is 1.90. The van der Waals surface area contributed by atoms with Gasteiger partial charge in [0.1, 0.15) is 0 Å². The molecule has 0 saturated heterocycles. The van der Waals surface area contributed by atoms with Gasteiger partial charge in [-0.25, -0.2) is 4.98 Å². The molecule has 1 rings (SSSR count). The first kappa shape index (κ1) is 15.2. The standard InChI is InChI=1S/C6H9N3O.2C2H6/c1-10-6-3-2-5(9-7)4-8-6;2*1-2/h2-4,9H,7H2,1H3;2*1-2H3. The highest BCUT2D eigenvalue weighted by Crippen LogP contribution is 2.08. The summed E-state index contributed by atoms with van der Waals surface area (Å²) < 4.78 is 4.83. The van der Waals surface area contributed by atoms with Gasteiger partial charge in [0.05, 0.1) is 19.0 Å². The molecule has 0 amide bonds. The molecule has 0 bridgehead atoms. The number of ether oxygens (including phenoxy) is 1. The molecule has 4 nitrogen and oxygen atoms in total. The van der Waals surface area contributed by atoms with Crippen molar-refractivity contribution in [1.82, 2.24) is 4.98 Å². The Hall–Kier alpha value is -1.29. The van der Waals surface area contributed by atoms with E-state index in [4.69, 9.17) is 10.6 Å². The van der Waals surface area contributed by atoms with Gasteiger partial charge in [0.15, 0.2) is 0 Å². The van der Waals surface area contributed by atoms with E-state index in [0.717, 1.165) is 5.69 Å². The molecule has 1 heterocycles. The first-order valence-electron chi connectivity index (χ1n) is 4.83. The number of anilines is 1. The summed E-state index contributed by atoms with van der Waals surface area (Å²) >= 11 is 0. The van der Waals surface area contributed by atoms with Gasteiger partial charge in [-0.15, -0.1) is 0 Å². The number of methoxy groups -OCH3 is 1. The molecule has 0 unspecified atom stereocenters. The molecule has 82 valence electrons. The SMILES string of the molecule is CC.CC.COc1ccc(NN)cn1. The van der Waals surface area contributed by atoms with Crippen molar-refractivity contribution in [1.29, 1.82) is 0 Å². The molecular formula is C10H21N3O. The van der Waals surface area contributed by atoms with E-state index in [2.05, 4.69) is 10.4 Å². The van der Waals surface area contributed by atoms with E-state index >= 15 is 0 Å². The molecule has 0 fully saturated rings. The fourth-order valence-corrected chi connectivity index (χ4v) is 0.586. The summed E-state index contributed by atoms with van der Waals surface area (Å²) in [5.41, 5.74) is 3.22. The van der Waals surface area contributed by atoms with Crippen molar-refractivity contribution in [3.05, 3.63) is 18.3 Å². The number of nitrogen functional groups attached to an aromatic ring is 1. The van der Waals surface area contributed by atoms with E-state index in [-0.39, 0.29) is 0 Å². The summed E-state index contributed by atoms with van der Waals surface area (Å²) in [6.45, 7) is 8.00. The number of nitrogens with two attached hydrogens (primary N) is 1. The fraction of sp³-hybridized carbons (Fsp3) is 0.500. The van der Waals surface area contributed by atoms with Crippen molar-refractivity contribution in [2.45, 2.75) is 27.7 Å². The summed E-state index contributed by atoms with van der Waals surface area (Å²) in [5, 5.41) is 0. The maximum absolute atomic E-state index is 5.11. The summed E-state index contributed by atoms with van der Waals surface area (Å²) in [6, 6.07) is 3.51. The largest absolute Gasteiger partial charge is 0.481 e. The van der Waals surface area contributed by atoms with Crippen LogP contribution in [0.15, 0.2) is 18.3 Å². The Kier molecular flexibility index (Phi) is 12.7. The molecule has 0 atom stereocenters. The number of hydrogen-bond donors (Lipinski definition) is 2. The van der Waals surface area contributed by atoms with Crippen molar-refractivity contribution in [3.63, 3.8) is 0 Å². The molecule has 0 saturated carbocycles. The Bertz CT molecular complexity index is 176. The Morgan fingerprint density at radius 1 is 1.21 bits per heavy atom. The average molecular weight is 199 g/mol. The third-order valence-corrected chi connectivity index (χ3v) is 1.11. The third-order valence-electron chi connectivity index (χ3n) is 1.11. The van der Waals surface area contributed by atoms with Gasteiger partial charge in [0.25, 0.3) is 0 Å². The Balaban J connectivity index is 0. The zero-order chi connectivity index (χ0) is 11.4. The first-order valence-corrected chi connectivity index (χ1v) is 4.83. The van der Waals surface area contributed by atoms with Crippen molar-refractivity contribution >= 4 is 5.69 Å². The van der Waals surface area contributed by atoms with Crippen molar-refractivity contribution < 1.29 is 4.74 Å². The van der Waals surface area contributed by atoms with Gasteiger partial charge in [-0.1, -0.05) is 27.7 Å². The number of rotatable bonds is 2. The summed E-state index contributed by atoms with van der Waals surface area (Å²) in [7, 11) is 1.57. The minimum atomic E-state index is 0.582. The van der Waals surface area contributed by atoms with Gasteiger partial charge in [-0.2, -0.15) is 0 Å². The van der Waals surface area contributed by atoms with Crippen LogP contribution < -0.4 is 16.0 Å². The van der Waals surface area contributed by atoms with E-state index in [0.29, 0.717) is 5.88 Å². The van der Waals surface area contributed by atoms with E-state index < -0.39 is 0 Å². The van der Waals surface area contributed by atoms with Crippen LogP contribution in [0.1, 0.15) is 27.7 Å². The predicted molar refractivity (Wildman–Crippen MR) is 61.3 cm³/mol. The van der Waals surface area contributed by atoms with Gasteiger partial charge in [0.2, 0.25) is 5.88 Å². The third kappa shape index (κ3) is 6.25. The predicted octanol–water partition coefficient (Wildman–Crippen LogP) is 2.43. The van der Waals surface area contributed by atoms with Crippen LogP contribution >= 0.6 is 0 Å². The van der Waals surface area contributed by atoms with Crippen LogP contribution in [0, 0.1) is 0 Å². The van der Waals surface area contributed by atoms with Crippen LogP contribution in [0.3, 0.4) is 0 Å². The summed E-state index contributed by atoms with van der Waals surface area (Å²) in [4.78, 5) is 3.90. The number of aromatic nitrogens is 1. The van der Waals surface area contributed by atoms with E-state index in [9.17, 15) is 0 Å². The molecule has 14 heavy (non-hydrogen) atoms. The van der Waals surface area contributed by atoms with Crippen LogP contribution in [0.5, 0.6) is 5.88 Å². The smallest absolute Gasteiger partial charge is 0.213 e. The molecule has 0 aliphatic rings. The highest BCUT2D eigenvalue weighted by molar-refractivity contribution is 5.40. The summed E-state index contributed by atoms with van der Waals surface area (Å²) in [6.07, 6.45) is 1.60. The number of nitrogens with zero attached hydrogens (tertiary/aromatic N) is 1. The number of hydrogen-bond acceptors (Lipinski definition) is 4. The van der Waals surface area contributed by atoms with E-state index in [1.54, 1.807) is 25.4 Å². The molecule has 1 aromatic rings. The lowest BCUT2D eigenvalue weighted by molar-refractivity contribution is 0.398. The Morgan fingerprint density at radius 3 is 2.07 bits per heavy atom. The molecule has 0 aliphatic carbocycles. The second-order valence-corrected chi connectivity index (χ2v) is 1.73.